The molecule has 0 bridgehead atoms. The zero-order valence-electron chi connectivity index (χ0n) is 15.0. The fourth-order valence-corrected chi connectivity index (χ4v) is 2.98. The first kappa shape index (κ1) is 18.6. The number of imidazole rings is 1. The first-order chi connectivity index (χ1) is 11.9. The van der Waals surface area contributed by atoms with Crippen molar-refractivity contribution in [2.24, 2.45) is 13.0 Å². The summed E-state index contributed by atoms with van der Waals surface area (Å²) in [7, 11) is 1.92. The topological polar surface area (TPSA) is 106 Å². The van der Waals surface area contributed by atoms with Crippen LogP contribution < -0.4 is 0 Å². The molecule has 3 heterocycles. The van der Waals surface area contributed by atoms with Crippen LogP contribution in [0.15, 0.2) is 12.4 Å². The molecule has 9 heteroatoms. The van der Waals surface area contributed by atoms with Crippen molar-refractivity contribution in [3.8, 4) is 11.6 Å². The molecule has 0 aromatic carbocycles. The third-order valence-electron chi connectivity index (χ3n) is 4.10. The van der Waals surface area contributed by atoms with Crippen LogP contribution >= 0.6 is 0 Å². The number of hydrogen-bond acceptors (Lipinski definition) is 5. The Balaban J connectivity index is 0.000000701. The number of carboxylic acid groups (broad SMARTS) is 1. The van der Waals surface area contributed by atoms with E-state index >= 15 is 0 Å². The number of fused-ring (bicyclic) bond motifs is 1. The van der Waals surface area contributed by atoms with E-state index in [1.165, 1.54) is 0 Å². The zero-order chi connectivity index (χ0) is 18.6. The Hall–Kier alpha value is -2.71. The molecule has 0 unspecified atom stereocenters. The Morgan fingerprint density at radius 1 is 1.36 bits per heavy atom. The Kier molecular flexibility index (Phi) is 5.89. The summed E-state index contributed by atoms with van der Waals surface area (Å²) in [6, 6.07) is -0.245. The minimum Gasteiger partial charge on any atom is -0.483 e. The van der Waals surface area contributed by atoms with E-state index in [1.807, 2.05) is 34.2 Å². The second-order valence-electron chi connectivity index (χ2n) is 6.27. The molecule has 0 radical (unpaired) electrons. The second kappa shape index (κ2) is 7.91. The smallest absolute Gasteiger partial charge is 0.290 e. The maximum absolute atomic E-state index is 12.8. The van der Waals surface area contributed by atoms with Crippen LogP contribution in [0.2, 0.25) is 0 Å². The summed E-state index contributed by atoms with van der Waals surface area (Å²) in [5, 5.41) is 15.5. The normalized spacial score (nSPS) is 16.4. The fraction of sp³-hybridized carbons (Fsp3) is 0.562. The molecule has 9 nitrogen and oxygen atoms in total. The van der Waals surface area contributed by atoms with Gasteiger partial charge in [-0.2, -0.15) is 0 Å². The SMILES string of the molecule is CCN1Cc2nnc(-c3nccn3C)n2[C@@H](CC(C)C)C1=O.O=CO. The zero-order valence-corrected chi connectivity index (χ0v) is 15.0. The standard InChI is InChI=1S/C15H22N6O.CH2O2/c1-5-20-9-12-17-18-14(13-16-6-7-19(13)4)21(12)11(15(20)22)8-10(2)3;2-1-3/h6-7,10-11H,5,8-9H2,1-4H3;1H,(H,2,3)/t11-;/m0./s1. The molecule has 0 aliphatic carbocycles. The number of nitrogens with zero attached hydrogens (tertiary/aromatic N) is 6. The summed E-state index contributed by atoms with van der Waals surface area (Å²) in [6.45, 7) is 7.21. The molecule has 1 aliphatic heterocycles. The minimum atomic E-state index is -0.250. The molecule has 1 atom stereocenters. The van der Waals surface area contributed by atoms with Crippen molar-refractivity contribution in [1.82, 2.24) is 29.2 Å². The van der Waals surface area contributed by atoms with Gasteiger partial charge >= 0.3 is 0 Å². The average molecular weight is 348 g/mol. The van der Waals surface area contributed by atoms with E-state index in [1.54, 1.807) is 6.20 Å². The summed E-state index contributed by atoms with van der Waals surface area (Å²) in [5.74, 6) is 2.82. The summed E-state index contributed by atoms with van der Waals surface area (Å²) >= 11 is 0. The monoisotopic (exact) mass is 348 g/mol. The number of aryl methyl sites for hydroxylation is 1. The van der Waals surface area contributed by atoms with Crippen molar-refractivity contribution in [2.45, 2.75) is 39.8 Å². The molecule has 3 rings (SSSR count). The summed E-state index contributed by atoms with van der Waals surface area (Å²) in [6.07, 6.45) is 4.38. The van der Waals surface area contributed by atoms with Gasteiger partial charge in [0.15, 0.2) is 11.6 Å². The summed E-state index contributed by atoms with van der Waals surface area (Å²) in [4.78, 5) is 27.3. The quantitative estimate of drug-likeness (QED) is 0.836. The Morgan fingerprint density at radius 2 is 2.04 bits per heavy atom. The maximum Gasteiger partial charge on any atom is 0.290 e. The maximum atomic E-state index is 12.8. The number of aromatic nitrogens is 5. The minimum absolute atomic E-state index is 0.152. The van der Waals surface area contributed by atoms with Gasteiger partial charge in [-0.05, 0) is 19.3 Å². The van der Waals surface area contributed by atoms with E-state index in [4.69, 9.17) is 9.90 Å². The van der Waals surface area contributed by atoms with E-state index < -0.39 is 0 Å². The summed E-state index contributed by atoms with van der Waals surface area (Å²) in [5.41, 5.74) is 0. The highest BCUT2D eigenvalue weighted by Gasteiger charge is 2.36. The van der Waals surface area contributed by atoms with Gasteiger partial charge in [0.1, 0.15) is 6.04 Å². The lowest BCUT2D eigenvalue weighted by Gasteiger charge is -2.33. The van der Waals surface area contributed by atoms with Gasteiger partial charge in [0.25, 0.3) is 6.47 Å². The van der Waals surface area contributed by atoms with Crippen molar-refractivity contribution in [2.75, 3.05) is 6.54 Å². The lowest BCUT2D eigenvalue weighted by Crippen LogP contribution is -2.43. The molecule has 2 aromatic heterocycles. The lowest BCUT2D eigenvalue weighted by molar-refractivity contribution is -0.137. The summed E-state index contributed by atoms with van der Waals surface area (Å²) < 4.78 is 3.89. The van der Waals surface area contributed by atoms with Crippen LogP contribution in [0.3, 0.4) is 0 Å². The Bertz CT molecular complexity index is 736. The van der Waals surface area contributed by atoms with Crippen LogP contribution in [0.1, 0.15) is 39.1 Å². The predicted octanol–water partition coefficient (Wildman–Crippen LogP) is 1.33. The van der Waals surface area contributed by atoms with E-state index in [0.717, 1.165) is 18.1 Å². The molecule has 1 aliphatic rings. The molecule has 0 fully saturated rings. The van der Waals surface area contributed by atoms with Crippen LogP contribution in [-0.2, 0) is 23.2 Å². The fourth-order valence-electron chi connectivity index (χ4n) is 2.98. The predicted molar refractivity (Wildman–Crippen MR) is 90.5 cm³/mol. The van der Waals surface area contributed by atoms with Crippen LogP contribution in [0, 0.1) is 5.92 Å². The lowest BCUT2D eigenvalue weighted by atomic mass is 10.0. The number of amides is 1. The first-order valence-corrected chi connectivity index (χ1v) is 8.22. The van der Waals surface area contributed by atoms with Crippen LogP contribution in [0.25, 0.3) is 11.6 Å². The Labute approximate surface area is 146 Å². The molecule has 1 N–H and O–H groups in total. The van der Waals surface area contributed by atoms with Crippen LogP contribution in [0.5, 0.6) is 0 Å². The number of carbonyl (C=O) groups is 2. The number of rotatable bonds is 4. The van der Waals surface area contributed by atoms with Crippen LogP contribution in [0.4, 0.5) is 0 Å². The number of hydrogen-bond donors (Lipinski definition) is 1. The van der Waals surface area contributed by atoms with Gasteiger partial charge in [-0.25, -0.2) is 4.98 Å². The Morgan fingerprint density at radius 3 is 2.56 bits per heavy atom. The van der Waals surface area contributed by atoms with Crippen LogP contribution in [-0.4, -0.2) is 53.2 Å². The average Bonchev–Trinajstić information content (AvgIpc) is 3.15. The number of carbonyl (C=O) groups excluding carboxylic acids is 1. The van der Waals surface area contributed by atoms with Gasteiger partial charge in [-0.1, -0.05) is 13.8 Å². The third-order valence-corrected chi connectivity index (χ3v) is 4.10. The molecule has 25 heavy (non-hydrogen) atoms. The first-order valence-electron chi connectivity index (χ1n) is 8.22. The van der Waals surface area contributed by atoms with E-state index in [-0.39, 0.29) is 18.4 Å². The molecule has 136 valence electrons. The number of likely N-dealkylation sites (N-methyl/N-ethyl adjacent to an activating group) is 1. The molecule has 0 saturated carbocycles. The van der Waals surface area contributed by atoms with E-state index in [2.05, 4.69) is 29.0 Å². The van der Waals surface area contributed by atoms with E-state index in [9.17, 15) is 4.79 Å². The van der Waals surface area contributed by atoms with Crippen molar-refractivity contribution < 1.29 is 14.7 Å². The van der Waals surface area contributed by atoms with Crippen molar-refractivity contribution in [3.05, 3.63) is 18.2 Å². The van der Waals surface area contributed by atoms with Gasteiger partial charge in [0.05, 0.1) is 6.54 Å². The van der Waals surface area contributed by atoms with Gasteiger partial charge in [-0.15, -0.1) is 10.2 Å². The third kappa shape index (κ3) is 3.70. The van der Waals surface area contributed by atoms with Gasteiger partial charge in [-0.3, -0.25) is 14.2 Å². The van der Waals surface area contributed by atoms with Gasteiger partial charge < -0.3 is 14.6 Å². The van der Waals surface area contributed by atoms with Gasteiger partial charge in [0.2, 0.25) is 11.7 Å². The second-order valence-corrected chi connectivity index (χ2v) is 6.27. The molecule has 0 saturated heterocycles. The van der Waals surface area contributed by atoms with Gasteiger partial charge in [0, 0.05) is 26.0 Å². The van der Waals surface area contributed by atoms with Crippen molar-refractivity contribution in [1.29, 1.82) is 0 Å². The van der Waals surface area contributed by atoms with E-state index in [0.29, 0.717) is 24.8 Å². The molecule has 2 aromatic rings. The highest BCUT2D eigenvalue weighted by molar-refractivity contribution is 5.82. The van der Waals surface area contributed by atoms with Crippen molar-refractivity contribution >= 4 is 12.4 Å². The molecule has 1 amide bonds. The highest BCUT2D eigenvalue weighted by atomic mass is 16.3. The highest BCUT2D eigenvalue weighted by Crippen LogP contribution is 2.31. The molecular formula is C16H24N6O3. The largest absolute Gasteiger partial charge is 0.483 e. The van der Waals surface area contributed by atoms with Crippen molar-refractivity contribution in [3.63, 3.8) is 0 Å². The molecule has 0 spiro atoms. The molecular weight excluding hydrogens is 324 g/mol.